The quantitative estimate of drug-likeness (QED) is 0.943. The molecule has 3 rings (SSSR count). The summed E-state index contributed by atoms with van der Waals surface area (Å²) in [5.74, 6) is 0.506. The molecular formula is C15H12O4S. The number of phenols is 1. The average molecular weight is 288 g/mol. The summed E-state index contributed by atoms with van der Waals surface area (Å²) in [5, 5.41) is 9.34. The molecule has 0 bridgehead atoms. The zero-order chi connectivity index (χ0) is 14.2. The van der Waals surface area contributed by atoms with Gasteiger partial charge in [0, 0.05) is 6.07 Å². The molecule has 1 aliphatic rings. The Kier molecular flexibility index (Phi) is 2.99. The van der Waals surface area contributed by atoms with Crippen molar-refractivity contribution in [2.75, 3.05) is 6.61 Å². The molecule has 4 nitrogen and oxygen atoms in total. The Morgan fingerprint density at radius 2 is 1.85 bits per heavy atom. The van der Waals surface area contributed by atoms with E-state index in [-0.39, 0.29) is 17.3 Å². The second-order valence-corrected chi connectivity index (χ2v) is 6.41. The van der Waals surface area contributed by atoms with E-state index in [9.17, 15) is 13.5 Å². The first-order chi connectivity index (χ1) is 9.57. The summed E-state index contributed by atoms with van der Waals surface area (Å²) in [6, 6.07) is 13.1. The predicted octanol–water partition coefficient (Wildman–Crippen LogP) is 2.60. The number of benzene rings is 2. The lowest BCUT2D eigenvalue weighted by molar-refractivity contribution is 0.356. The second kappa shape index (κ2) is 4.68. The van der Waals surface area contributed by atoms with Gasteiger partial charge in [0.2, 0.25) is 9.84 Å². The van der Waals surface area contributed by atoms with Crippen molar-refractivity contribution in [1.29, 1.82) is 0 Å². The fourth-order valence-electron chi connectivity index (χ4n) is 2.08. The van der Waals surface area contributed by atoms with E-state index >= 15 is 0 Å². The van der Waals surface area contributed by atoms with E-state index in [0.29, 0.717) is 16.2 Å². The van der Waals surface area contributed by atoms with Crippen LogP contribution in [0.2, 0.25) is 0 Å². The van der Waals surface area contributed by atoms with Gasteiger partial charge < -0.3 is 9.84 Å². The van der Waals surface area contributed by atoms with Gasteiger partial charge in [0.15, 0.2) is 0 Å². The standard InChI is InChI=1S/C15H12O4S/c16-12-5-3-6-13(9-12)19-10-14-8-11-4-1-2-7-15(11)20(14,17)18/h1-9,16H,10H2. The van der Waals surface area contributed by atoms with Crippen LogP contribution in [0, 0.1) is 0 Å². The lowest BCUT2D eigenvalue weighted by Gasteiger charge is -2.07. The molecule has 0 radical (unpaired) electrons. The van der Waals surface area contributed by atoms with Crippen LogP contribution >= 0.6 is 0 Å². The van der Waals surface area contributed by atoms with E-state index in [0.717, 1.165) is 0 Å². The van der Waals surface area contributed by atoms with Gasteiger partial charge >= 0.3 is 0 Å². The largest absolute Gasteiger partial charge is 0.508 e. The molecule has 0 aromatic heterocycles. The Balaban J connectivity index is 1.84. The van der Waals surface area contributed by atoms with Gasteiger partial charge in [0.25, 0.3) is 0 Å². The van der Waals surface area contributed by atoms with Crippen molar-refractivity contribution < 1.29 is 18.3 Å². The maximum Gasteiger partial charge on any atom is 0.206 e. The Morgan fingerprint density at radius 1 is 1.05 bits per heavy atom. The number of aromatic hydroxyl groups is 1. The first-order valence-corrected chi connectivity index (χ1v) is 7.52. The van der Waals surface area contributed by atoms with Crippen LogP contribution in [0.1, 0.15) is 5.56 Å². The minimum Gasteiger partial charge on any atom is -0.508 e. The third-order valence-electron chi connectivity index (χ3n) is 3.07. The summed E-state index contributed by atoms with van der Waals surface area (Å²) in [6.45, 7) is -0.0551. The first-order valence-electron chi connectivity index (χ1n) is 6.04. The zero-order valence-corrected chi connectivity index (χ0v) is 11.3. The van der Waals surface area contributed by atoms with Gasteiger partial charge in [0.05, 0.1) is 9.80 Å². The topological polar surface area (TPSA) is 63.6 Å². The van der Waals surface area contributed by atoms with E-state index in [4.69, 9.17) is 4.74 Å². The third kappa shape index (κ3) is 2.16. The number of ether oxygens (including phenoxy) is 1. The molecule has 0 amide bonds. The predicted molar refractivity (Wildman–Crippen MR) is 75.2 cm³/mol. The Bertz CT molecular complexity index is 791. The van der Waals surface area contributed by atoms with Gasteiger partial charge in [-0.25, -0.2) is 8.42 Å². The normalized spacial score (nSPS) is 15.5. The summed E-state index contributed by atoms with van der Waals surface area (Å²) >= 11 is 0. The molecule has 1 heterocycles. The molecule has 2 aromatic rings. The van der Waals surface area contributed by atoms with Crippen molar-refractivity contribution in [3.8, 4) is 11.5 Å². The van der Waals surface area contributed by atoms with Crippen molar-refractivity contribution in [1.82, 2.24) is 0 Å². The molecule has 0 saturated carbocycles. The SMILES string of the molecule is O=S1(=O)C(COc2cccc(O)c2)=Cc2ccccc21. The summed E-state index contributed by atoms with van der Waals surface area (Å²) < 4.78 is 30.0. The van der Waals surface area contributed by atoms with E-state index in [1.165, 1.54) is 12.1 Å². The average Bonchev–Trinajstić information content (AvgIpc) is 2.68. The molecule has 102 valence electrons. The maximum absolute atomic E-state index is 12.3. The summed E-state index contributed by atoms with van der Waals surface area (Å²) in [7, 11) is -3.45. The Labute approximate surface area is 116 Å². The van der Waals surface area contributed by atoms with E-state index in [1.807, 2.05) is 0 Å². The molecule has 0 atom stereocenters. The van der Waals surface area contributed by atoms with Crippen LogP contribution in [0.5, 0.6) is 11.5 Å². The molecular weight excluding hydrogens is 276 g/mol. The molecule has 0 fully saturated rings. The maximum atomic E-state index is 12.3. The second-order valence-electron chi connectivity index (χ2n) is 4.44. The van der Waals surface area contributed by atoms with Crippen molar-refractivity contribution >= 4 is 15.9 Å². The smallest absolute Gasteiger partial charge is 0.206 e. The van der Waals surface area contributed by atoms with E-state index in [1.54, 1.807) is 42.5 Å². The van der Waals surface area contributed by atoms with E-state index in [2.05, 4.69) is 0 Å². The van der Waals surface area contributed by atoms with Crippen LogP contribution in [0.4, 0.5) is 0 Å². The molecule has 1 N–H and O–H groups in total. The van der Waals surface area contributed by atoms with Gasteiger partial charge in [-0.1, -0.05) is 24.3 Å². The van der Waals surface area contributed by atoms with Gasteiger partial charge in [-0.3, -0.25) is 0 Å². The van der Waals surface area contributed by atoms with Crippen molar-refractivity contribution in [2.45, 2.75) is 4.90 Å². The zero-order valence-electron chi connectivity index (χ0n) is 10.5. The van der Waals surface area contributed by atoms with Gasteiger partial charge in [0.1, 0.15) is 18.1 Å². The number of fused-ring (bicyclic) bond motifs is 1. The highest BCUT2D eigenvalue weighted by molar-refractivity contribution is 7.95. The van der Waals surface area contributed by atoms with Crippen LogP contribution in [-0.2, 0) is 9.84 Å². The molecule has 0 saturated heterocycles. The fraction of sp³-hybridized carbons (Fsp3) is 0.0667. The third-order valence-corrected chi connectivity index (χ3v) is 4.95. The fourth-order valence-corrected chi connectivity index (χ4v) is 3.56. The van der Waals surface area contributed by atoms with Crippen LogP contribution in [-0.4, -0.2) is 20.1 Å². The lowest BCUT2D eigenvalue weighted by Crippen LogP contribution is -2.08. The number of hydrogen-bond acceptors (Lipinski definition) is 4. The van der Waals surface area contributed by atoms with Gasteiger partial charge in [-0.15, -0.1) is 0 Å². The van der Waals surface area contributed by atoms with Crippen LogP contribution in [0.3, 0.4) is 0 Å². The molecule has 5 heteroatoms. The monoisotopic (exact) mass is 288 g/mol. The number of sulfone groups is 1. The highest BCUT2D eigenvalue weighted by Gasteiger charge is 2.29. The number of phenolic OH excluding ortho intramolecular Hbond substituents is 1. The van der Waals surface area contributed by atoms with Crippen molar-refractivity contribution in [3.05, 3.63) is 59.0 Å². The minimum absolute atomic E-state index is 0.0551. The van der Waals surface area contributed by atoms with Crippen molar-refractivity contribution in [3.63, 3.8) is 0 Å². The van der Waals surface area contributed by atoms with Crippen molar-refractivity contribution in [2.24, 2.45) is 0 Å². The first kappa shape index (κ1) is 12.7. The van der Waals surface area contributed by atoms with Gasteiger partial charge in [-0.2, -0.15) is 0 Å². The molecule has 0 aliphatic carbocycles. The molecule has 20 heavy (non-hydrogen) atoms. The molecule has 1 aliphatic heterocycles. The van der Waals surface area contributed by atoms with Crippen LogP contribution < -0.4 is 4.74 Å². The summed E-state index contributed by atoms with van der Waals surface area (Å²) in [5.41, 5.74) is 0.682. The highest BCUT2D eigenvalue weighted by Crippen LogP contribution is 2.32. The molecule has 2 aromatic carbocycles. The number of hydrogen-bond donors (Lipinski definition) is 1. The lowest BCUT2D eigenvalue weighted by atomic mass is 10.2. The summed E-state index contributed by atoms with van der Waals surface area (Å²) in [4.78, 5) is 0.538. The summed E-state index contributed by atoms with van der Waals surface area (Å²) in [6.07, 6.45) is 1.62. The van der Waals surface area contributed by atoms with E-state index < -0.39 is 9.84 Å². The molecule has 0 unspecified atom stereocenters. The highest BCUT2D eigenvalue weighted by atomic mass is 32.2. The Hall–Kier alpha value is -2.27. The van der Waals surface area contributed by atoms with Gasteiger partial charge in [-0.05, 0) is 29.8 Å². The minimum atomic E-state index is -3.45. The molecule has 0 spiro atoms. The number of rotatable bonds is 3. The van der Waals surface area contributed by atoms with Crippen LogP contribution in [0.15, 0.2) is 58.3 Å². The Morgan fingerprint density at radius 3 is 2.60 bits per heavy atom. The van der Waals surface area contributed by atoms with Crippen LogP contribution in [0.25, 0.3) is 6.08 Å².